The lowest BCUT2D eigenvalue weighted by Gasteiger charge is -2.38. The van der Waals surface area contributed by atoms with Crippen molar-refractivity contribution >= 4 is 11.4 Å². The summed E-state index contributed by atoms with van der Waals surface area (Å²) in [5.41, 5.74) is 0.552. The van der Waals surface area contributed by atoms with Crippen LogP contribution in [0, 0.1) is 16.0 Å². The molecule has 0 saturated carbocycles. The molecule has 0 saturated heterocycles. The summed E-state index contributed by atoms with van der Waals surface area (Å²) in [5, 5.41) is 14.1. The number of nitro benzene ring substituents is 1. The number of halogens is 3. The second-order valence-corrected chi connectivity index (χ2v) is 6.60. The van der Waals surface area contributed by atoms with Gasteiger partial charge in [-0.05, 0) is 29.5 Å². The third kappa shape index (κ3) is 2.64. The highest BCUT2D eigenvalue weighted by molar-refractivity contribution is 5.65. The van der Waals surface area contributed by atoms with Gasteiger partial charge in [-0.2, -0.15) is 13.2 Å². The number of non-ortho nitro benzene ring substituents is 1. The molecule has 1 heterocycles. The van der Waals surface area contributed by atoms with Crippen molar-refractivity contribution in [2.45, 2.75) is 24.6 Å². The number of nitro groups is 1. The molecule has 1 aliphatic carbocycles. The Labute approximate surface area is 147 Å². The minimum absolute atomic E-state index is 0.0213. The monoisotopic (exact) mass is 360 g/mol. The van der Waals surface area contributed by atoms with E-state index in [4.69, 9.17) is 0 Å². The van der Waals surface area contributed by atoms with Crippen LogP contribution < -0.4 is 5.32 Å². The maximum atomic E-state index is 13.5. The zero-order valence-corrected chi connectivity index (χ0v) is 13.5. The zero-order valence-electron chi connectivity index (χ0n) is 13.5. The predicted molar refractivity (Wildman–Crippen MR) is 90.9 cm³/mol. The van der Waals surface area contributed by atoms with Crippen LogP contribution in [0.4, 0.5) is 24.5 Å². The molecule has 2 aromatic rings. The molecule has 4 nitrogen and oxygen atoms in total. The van der Waals surface area contributed by atoms with E-state index in [1.54, 1.807) is 18.2 Å². The van der Waals surface area contributed by atoms with E-state index in [2.05, 4.69) is 5.32 Å². The summed E-state index contributed by atoms with van der Waals surface area (Å²) < 4.78 is 40.4. The molecule has 0 aromatic heterocycles. The smallest absolute Gasteiger partial charge is 0.377 e. The molecule has 0 spiro atoms. The van der Waals surface area contributed by atoms with Crippen LogP contribution in [0.5, 0.6) is 0 Å². The molecule has 26 heavy (non-hydrogen) atoms. The normalized spacial score (nSPS) is 23.9. The lowest BCUT2D eigenvalue weighted by molar-refractivity contribution is -0.384. The molecule has 0 bridgehead atoms. The molecular formula is C19H15F3N2O2. The Balaban J connectivity index is 1.83. The molecule has 4 rings (SSSR count). The summed E-state index contributed by atoms with van der Waals surface area (Å²) in [6, 6.07) is 9.90. The van der Waals surface area contributed by atoms with Crippen LogP contribution in [0.15, 0.2) is 54.6 Å². The first kappa shape index (κ1) is 16.6. The van der Waals surface area contributed by atoms with E-state index in [0.717, 1.165) is 6.07 Å². The molecule has 0 amide bonds. The number of anilines is 1. The van der Waals surface area contributed by atoms with E-state index in [0.29, 0.717) is 17.5 Å². The number of benzene rings is 2. The molecule has 2 aromatic carbocycles. The van der Waals surface area contributed by atoms with Crippen molar-refractivity contribution in [3.8, 4) is 0 Å². The minimum Gasteiger partial charge on any atom is -0.377 e. The van der Waals surface area contributed by atoms with Gasteiger partial charge in [0.25, 0.3) is 5.69 Å². The fraction of sp³-hybridized carbons (Fsp3) is 0.263. The Kier molecular flexibility index (Phi) is 3.75. The standard InChI is InChI=1S/C19H15F3N2O2/c20-19(21,22)16-9-3-8-15-13-6-2-7-14(13)17(23-18(15)16)11-4-1-5-12(10-11)24(25)26/h1-6,8-10,13-14,17,23H,7H2/t13-,14-,17+/m0/s1. The second-order valence-electron chi connectivity index (χ2n) is 6.60. The van der Waals surface area contributed by atoms with Gasteiger partial charge in [-0.1, -0.05) is 36.4 Å². The minimum atomic E-state index is -4.47. The Morgan fingerprint density at radius 1 is 1.15 bits per heavy atom. The third-order valence-electron chi connectivity index (χ3n) is 5.14. The maximum Gasteiger partial charge on any atom is 0.418 e. The lowest BCUT2D eigenvalue weighted by atomic mass is 9.76. The van der Waals surface area contributed by atoms with Crippen molar-refractivity contribution in [1.82, 2.24) is 0 Å². The van der Waals surface area contributed by atoms with Gasteiger partial charge in [-0.25, -0.2) is 0 Å². The summed E-state index contributed by atoms with van der Waals surface area (Å²) in [6.45, 7) is 0. The van der Waals surface area contributed by atoms with Gasteiger partial charge >= 0.3 is 6.18 Å². The van der Waals surface area contributed by atoms with Crippen LogP contribution in [-0.2, 0) is 6.18 Å². The van der Waals surface area contributed by atoms with Gasteiger partial charge in [0, 0.05) is 18.1 Å². The van der Waals surface area contributed by atoms with E-state index >= 15 is 0 Å². The highest BCUT2D eigenvalue weighted by atomic mass is 19.4. The van der Waals surface area contributed by atoms with Gasteiger partial charge in [-0.15, -0.1) is 0 Å². The van der Waals surface area contributed by atoms with Crippen LogP contribution in [0.2, 0.25) is 0 Å². The van der Waals surface area contributed by atoms with E-state index in [1.807, 2.05) is 12.2 Å². The van der Waals surface area contributed by atoms with Crippen molar-refractivity contribution in [2.75, 3.05) is 5.32 Å². The van der Waals surface area contributed by atoms with E-state index in [-0.39, 0.29) is 23.2 Å². The SMILES string of the molecule is O=[N+]([O-])c1cccc([C@H]2Nc3c(cccc3C(F)(F)F)[C@H]3C=CC[C@@H]32)c1. The maximum absolute atomic E-state index is 13.5. The number of para-hydroxylation sites is 1. The summed E-state index contributed by atoms with van der Waals surface area (Å²) >= 11 is 0. The van der Waals surface area contributed by atoms with Crippen LogP contribution in [0.3, 0.4) is 0 Å². The largest absolute Gasteiger partial charge is 0.418 e. The molecule has 3 atom stereocenters. The summed E-state index contributed by atoms with van der Waals surface area (Å²) in [4.78, 5) is 10.6. The Morgan fingerprint density at radius 2 is 1.92 bits per heavy atom. The summed E-state index contributed by atoms with van der Waals surface area (Å²) in [6.07, 6.45) is 0.146. The van der Waals surface area contributed by atoms with Gasteiger partial charge in [0.2, 0.25) is 0 Å². The molecule has 134 valence electrons. The number of alkyl halides is 3. The molecule has 1 N–H and O–H groups in total. The quantitative estimate of drug-likeness (QED) is 0.441. The van der Waals surface area contributed by atoms with Gasteiger partial charge in [0.15, 0.2) is 0 Å². The highest BCUT2D eigenvalue weighted by Crippen LogP contribution is 2.52. The number of hydrogen-bond acceptors (Lipinski definition) is 3. The molecule has 0 unspecified atom stereocenters. The number of rotatable bonds is 2. The van der Waals surface area contributed by atoms with Gasteiger partial charge < -0.3 is 5.32 Å². The lowest BCUT2D eigenvalue weighted by Crippen LogP contribution is -2.30. The fourth-order valence-electron chi connectivity index (χ4n) is 4.02. The third-order valence-corrected chi connectivity index (χ3v) is 5.14. The summed E-state index contributed by atoms with van der Waals surface area (Å²) in [5.74, 6) is -0.120. The molecular weight excluding hydrogens is 345 g/mol. The first-order chi connectivity index (χ1) is 12.4. The zero-order chi connectivity index (χ0) is 18.5. The van der Waals surface area contributed by atoms with E-state index in [1.165, 1.54) is 18.2 Å². The molecule has 0 radical (unpaired) electrons. The Hall–Kier alpha value is -2.83. The average Bonchev–Trinajstić information content (AvgIpc) is 3.09. The van der Waals surface area contributed by atoms with Crippen molar-refractivity contribution in [2.24, 2.45) is 5.92 Å². The number of nitrogens with zero attached hydrogens (tertiary/aromatic N) is 1. The van der Waals surface area contributed by atoms with Crippen molar-refractivity contribution in [1.29, 1.82) is 0 Å². The van der Waals surface area contributed by atoms with Gasteiger partial charge in [0.05, 0.1) is 22.2 Å². The van der Waals surface area contributed by atoms with E-state index in [9.17, 15) is 23.3 Å². The van der Waals surface area contributed by atoms with E-state index < -0.39 is 22.7 Å². The summed E-state index contributed by atoms with van der Waals surface area (Å²) in [7, 11) is 0. The van der Waals surface area contributed by atoms with Crippen molar-refractivity contribution < 1.29 is 18.1 Å². The predicted octanol–water partition coefficient (Wildman–Crippen LogP) is 5.44. The highest BCUT2D eigenvalue weighted by Gasteiger charge is 2.43. The van der Waals surface area contributed by atoms with Crippen molar-refractivity contribution in [3.05, 3.63) is 81.4 Å². The van der Waals surface area contributed by atoms with Gasteiger partial charge in [0.1, 0.15) is 0 Å². The van der Waals surface area contributed by atoms with Crippen LogP contribution in [0.1, 0.15) is 35.1 Å². The average molecular weight is 360 g/mol. The van der Waals surface area contributed by atoms with Crippen LogP contribution in [-0.4, -0.2) is 4.92 Å². The number of allylic oxidation sites excluding steroid dienone is 2. The molecule has 0 fully saturated rings. The van der Waals surface area contributed by atoms with Gasteiger partial charge in [-0.3, -0.25) is 10.1 Å². The van der Waals surface area contributed by atoms with Crippen molar-refractivity contribution in [3.63, 3.8) is 0 Å². The topological polar surface area (TPSA) is 55.2 Å². The number of hydrogen-bond donors (Lipinski definition) is 1. The fourth-order valence-corrected chi connectivity index (χ4v) is 4.02. The Morgan fingerprint density at radius 3 is 2.65 bits per heavy atom. The number of nitrogens with one attached hydrogen (secondary N) is 1. The number of fused-ring (bicyclic) bond motifs is 3. The molecule has 7 heteroatoms. The molecule has 1 aliphatic heterocycles. The first-order valence-electron chi connectivity index (χ1n) is 8.24. The Bertz CT molecular complexity index is 908. The first-order valence-corrected chi connectivity index (χ1v) is 8.24. The van der Waals surface area contributed by atoms with Crippen LogP contribution >= 0.6 is 0 Å². The second kappa shape index (κ2) is 5.86. The van der Waals surface area contributed by atoms with Crippen LogP contribution in [0.25, 0.3) is 0 Å². The molecule has 2 aliphatic rings.